The molecule has 0 aromatic heterocycles. The molecule has 76 valence electrons. The maximum atomic E-state index is 10.9. The fourth-order valence-electron chi connectivity index (χ4n) is 1.49. The van der Waals surface area contributed by atoms with Crippen LogP contribution in [0.1, 0.15) is 13.3 Å². The van der Waals surface area contributed by atoms with Crippen molar-refractivity contribution in [3.05, 3.63) is 11.6 Å². The number of rotatable bonds is 2. The molecule has 0 amide bonds. The van der Waals surface area contributed by atoms with E-state index in [1.54, 1.807) is 0 Å². The summed E-state index contributed by atoms with van der Waals surface area (Å²) < 4.78 is 21.8. The van der Waals surface area contributed by atoms with Crippen molar-refractivity contribution in [2.75, 3.05) is 25.1 Å². The summed E-state index contributed by atoms with van der Waals surface area (Å²) in [7, 11) is -2.84. The quantitative estimate of drug-likeness (QED) is 0.668. The van der Waals surface area contributed by atoms with Crippen LogP contribution in [0.2, 0.25) is 0 Å². The Balaban J connectivity index is 2.59. The third-order valence-electron chi connectivity index (χ3n) is 2.32. The van der Waals surface area contributed by atoms with Crippen LogP contribution in [0.25, 0.3) is 0 Å². The van der Waals surface area contributed by atoms with Crippen LogP contribution in [0.4, 0.5) is 0 Å². The second-order valence-corrected chi connectivity index (χ2v) is 5.91. The molecule has 1 atom stereocenters. The molecular formula is C9H17NO2S. The van der Waals surface area contributed by atoms with E-state index in [9.17, 15) is 8.42 Å². The van der Waals surface area contributed by atoms with E-state index >= 15 is 0 Å². The number of piperidine rings is 1. The van der Waals surface area contributed by atoms with Crippen LogP contribution in [-0.4, -0.2) is 33.5 Å². The highest BCUT2D eigenvalue weighted by atomic mass is 32.2. The normalized spacial score (nSPS) is 27.8. The highest BCUT2D eigenvalue weighted by Gasteiger charge is 2.13. The van der Waals surface area contributed by atoms with Crippen molar-refractivity contribution in [2.45, 2.75) is 13.3 Å². The van der Waals surface area contributed by atoms with Crippen LogP contribution in [0.5, 0.6) is 0 Å². The van der Waals surface area contributed by atoms with Gasteiger partial charge in [0.25, 0.3) is 0 Å². The summed E-state index contributed by atoms with van der Waals surface area (Å²) in [6.45, 7) is 4.07. The van der Waals surface area contributed by atoms with E-state index in [0.717, 1.165) is 19.5 Å². The smallest absolute Gasteiger partial charge is 0.151 e. The molecule has 0 bridgehead atoms. The van der Waals surface area contributed by atoms with Crippen molar-refractivity contribution in [3.8, 4) is 0 Å². The van der Waals surface area contributed by atoms with Crippen molar-refractivity contribution in [2.24, 2.45) is 5.92 Å². The summed E-state index contributed by atoms with van der Waals surface area (Å²) in [6, 6.07) is 0. The summed E-state index contributed by atoms with van der Waals surface area (Å²) >= 11 is 0. The molecule has 1 unspecified atom stereocenters. The summed E-state index contributed by atoms with van der Waals surface area (Å²) in [4.78, 5) is 0. The van der Waals surface area contributed by atoms with E-state index in [4.69, 9.17) is 0 Å². The zero-order valence-corrected chi connectivity index (χ0v) is 9.02. The van der Waals surface area contributed by atoms with Gasteiger partial charge in [-0.1, -0.05) is 18.6 Å². The highest BCUT2D eigenvalue weighted by Crippen LogP contribution is 2.17. The molecule has 0 spiro atoms. The van der Waals surface area contributed by atoms with Gasteiger partial charge in [0.05, 0.1) is 5.75 Å². The van der Waals surface area contributed by atoms with Gasteiger partial charge in [0.2, 0.25) is 0 Å². The van der Waals surface area contributed by atoms with E-state index in [-0.39, 0.29) is 5.75 Å². The van der Waals surface area contributed by atoms with Crippen LogP contribution in [0.3, 0.4) is 0 Å². The predicted molar refractivity (Wildman–Crippen MR) is 54.4 cm³/mol. The van der Waals surface area contributed by atoms with Gasteiger partial charge in [-0.3, -0.25) is 0 Å². The molecule has 1 N–H and O–H groups in total. The van der Waals surface area contributed by atoms with Gasteiger partial charge < -0.3 is 5.32 Å². The van der Waals surface area contributed by atoms with Crippen LogP contribution in [0.15, 0.2) is 11.6 Å². The molecule has 1 heterocycles. The number of sulfone groups is 1. The fraction of sp³-hybridized carbons (Fsp3) is 0.778. The third kappa shape index (κ3) is 3.91. The summed E-state index contributed by atoms with van der Waals surface area (Å²) in [5.74, 6) is 0.669. The lowest BCUT2D eigenvalue weighted by Gasteiger charge is -2.22. The van der Waals surface area contributed by atoms with Gasteiger partial charge in [-0.2, -0.15) is 0 Å². The topological polar surface area (TPSA) is 46.2 Å². The molecule has 0 aromatic rings. The largest absolute Gasteiger partial charge is 0.316 e. The zero-order chi connectivity index (χ0) is 9.90. The van der Waals surface area contributed by atoms with Crippen molar-refractivity contribution in [1.29, 1.82) is 0 Å². The zero-order valence-electron chi connectivity index (χ0n) is 8.21. The Labute approximate surface area is 80.1 Å². The first-order valence-electron chi connectivity index (χ1n) is 4.56. The molecule has 0 saturated carbocycles. The second kappa shape index (κ2) is 4.24. The lowest BCUT2D eigenvalue weighted by Crippen LogP contribution is -2.30. The molecule has 1 fully saturated rings. The Bertz CT molecular complexity index is 293. The van der Waals surface area contributed by atoms with Gasteiger partial charge in [0.15, 0.2) is 9.84 Å². The maximum absolute atomic E-state index is 10.9. The Morgan fingerprint density at radius 1 is 1.62 bits per heavy atom. The SMILES string of the molecule is CC1CNCC/C1=C/CS(C)(=O)=O. The average molecular weight is 203 g/mol. The minimum atomic E-state index is -2.84. The molecule has 1 aliphatic heterocycles. The molecule has 1 rings (SSSR count). The van der Waals surface area contributed by atoms with Crippen LogP contribution < -0.4 is 5.32 Å². The van der Waals surface area contributed by atoms with Crippen LogP contribution in [-0.2, 0) is 9.84 Å². The monoisotopic (exact) mass is 203 g/mol. The van der Waals surface area contributed by atoms with Gasteiger partial charge >= 0.3 is 0 Å². The fourth-order valence-corrected chi connectivity index (χ4v) is 2.01. The Hall–Kier alpha value is -0.350. The first-order chi connectivity index (χ1) is 5.99. The minimum Gasteiger partial charge on any atom is -0.316 e. The summed E-state index contributed by atoms with van der Waals surface area (Å²) in [5, 5.41) is 3.27. The van der Waals surface area contributed by atoms with E-state index in [1.165, 1.54) is 11.8 Å². The standard InChI is InChI=1S/C9H17NO2S/c1-8-7-10-5-3-9(8)4-6-13(2,11)12/h4,8,10H,3,5-7H2,1-2H3/b9-4-. The van der Waals surface area contributed by atoms with Gasteiger partial charge in [0.1, 0.15) is 0 Å². The Morgan fingerprint density at radius 2 is 2.31 bits per heavy atom. The van der Waals surface area contributed by atoms with Crippen LogP contribution >= 0.6 is 0 Å². The molecule has 3 nitrogen and oxygen atoms in total. The molecule has 0 aliphatic carbocycles. The molecular weight excluding hydrogens is 186 g/mol. The first kappa shape index (κ1) is 10.7. The molecule has 0 radical (unpaired) electrons. The molecule has 1 saturated heterocycles. The average Bonchev–Trinajstić information content (AvgIpc) is 2.01. The molecule has 13 heavy (non-hydrogen) atoms. The van der Waals surface area contributed by atoms with Crippen molar-refractivity contribution in [3.63, 3.8) is 0 Å². The lowest BCUT2D eigenvalue weighted by atomic mass is 9.95. The van der Waals surface area contributed by atoms with Crippen molar-refractivity contribution >= 4 is 9.84 Å². The van der Waals surface area contributed by atoms with Gasteiger partial charge in [-0.25, -0.2) is 8.42 Å². The van der Waals surface area contributed by atoms with Crippen molar-refractivity contribution in [1.82, 2.24) is 5.32 Å². The van der Waals surface area contributed by atoms with E-state index in [0.29, 0.717) is 5.92 Å². The number of nitrogens with one attached hydrogen (secondary N) is 1. The Kier molecular flexibility index (Phi) is 3.50. The van der Waals surface area contributed by atoms with Gasteiger partial charge in [-0.05, 0) is 18.9 Å². The van der Waals surface area contributed by atoms with E-state index < -0.39 is 9.84 Å². The van der Waals surface area contributed by atoms with Gasteiger partial charge in [-0.15, -0.1) is 0 Å². The number of hydrogen-bond donors (Lipinski definition) is 1. The predicted octanol–water partition coefficient (Wildman–Crippen LogP) is 0.587. The van der Waals surface area contributed by atoms with Gasteiger partial charge in [0, 0.05) is 12.8 Å². The molecule has 4 heteroatoms. The molecule has 0 aromatic carbocycles. The minimum absolute atomic E-state index is 0.187. The summed E-state index contributed by atoms with van der Waals surface area (Å²) in [6.07, 6.45) is 4.13. The van der Waals surface area contributed by atoms with E-state index in [1.807, 2.05) is 6.08 Å². The number of hydrogen-bond acceptors (Lipinski definition) is 3. The molecule has 1 aliphatic rings. The maximum Gasteiger partial charge on any atom is 0.151 e. The lowest BCUT2D eigenvalue weighted by molar-refractivity contribution is 0.500. The highest BCUT2D eigenvalue weighted by molar-refractivity contribution is 7.90. The second-order valence-electron chi connectivity index (χ2n) is 3.73. The summed E-state index contributed by atoms with van der Waals surface area (Å²) in [5.41, 5.74) is 1.28. The third-order valence-corrected chi connectivity index (χ3v) is 3.09. The van der Waals surface area contributed by atoms with Crippen LogP contribution in [0, 0.1) is 5.92 Å². The van der Waals surface area contributed by atoms with Crippen molar-refractivity contribution < 1.29 is 8.42 Å². The Morgan fingerprint density at radius 3 is 2.85 bits per heavy atom. The first-order valence-corrected chi connectivity index (χ1v) is 6.62. The van der Waals surface area contributed by atoms with E-state index in [2.05, 4.69) is 12.2 Å².